The number of aryl methyl sites for hydroxylation is 1. The summed E-state index contributed by atoms with van der Waals surface area (Å²) in [5.41, 5.74) is 4.01. The van der Waals surface area contributed by atoms with E-state index in [0.29, 0.717) is 12.2 Å². The standard InChI is InChI=1S/C21H26N4O2/c1-16-5-3-4-6-20(16)25-13-11-24(12-14-25)15-21(27)23-19-9-7-18(8-10-19)22-17(2)26/h3-10H,11-15H2,1-2H3,(H,22,26)(H,23,27). The fourth-order valence-electron chi connectivity index (χ4n) is 3.31. The lowest BCUT2D eigenvalue weighted by Crippen LogP contribution is -2.48. The van der Waals surface area contributed by atoms with Crippen LogP contribution in [-0.2, 0) is 9.59 Å². The zero-order chi connectivity index (χ0) is 19.2. The van der Waals surface area contributed by atoms with Crippen LogP contribution < -0.4 is 15.5 Å². The molecule has 0 atom stereocenters. The van der Waals surface area contributed by atoms with E-state index in [1.54, 1.807) is 24.3 Å². The van der Waals surface area contributed by atoms with Crippen LogP contribution in [0.15, 0.2) is 48.5 Å². The van der Waals surface area contributed by atoms with E-state index >= 15 is 0 Å². The Morgan fingerprint density at radius 1 is 0.889 bits per heavy atom. The Hall–Kier alpha value is -2.86. The van der Waals surface area contributed by atoms with Gasteiger partial charge in [-0.15, -0.1) is 0 Å². The monoisotopic (exact) mass is 366 g/mol. The summed E-state index contributed by atoms with van der Waals surface area (Å²) in [5.74, 6) is -0.136. The molecule has 3 rings (SSSR count). The molecule has 2 aromatic carbocycles. The van der Waals surface area contributed by atoms with Crippen molar-refractivity contribution in [3.63, 3.8) is 0 Å². The van der Waals surface area contributed by atoms with Crippen molar-refractivity contribution in [1.29, 1.82) is 0 Å². The predicted molar refractivity (Wildman–Crippen MR) is 109 cm³/mol. The van der Waals surface area contributed by atoms with Gasteiger partial charge in [-0.25, -0.2) is 0 Å². The quantitative estimate of drug-likeness (QED) is 0.854. The van der Waals surface area contributed by atoms with Crippen LogP contribution >= 0.6 is 0 Å². The highest BCUT2D eigenvalue weighted by Crippen LogP contribution is 2.20. The lowest BCUT2D eigenvalue weighted by Gasteiger charge is -2.36. The SMILES string of the molecule is CC(=O)Nc1ccc(NC(=O)CN2CCN(c3ccccc3C)CC2)cc1. The van der Waals surface area contributed by atoms with Gasteiger partial charge in [0.2, 0.25) is 11.8 Å². The van der Waals surface area contributed by atoms with Crippen molar-refractivity contribution in [3.05, 3.63) is 54.1 Å². The van der Waals surface area contributed by atoms with Crippen molar-refractivity contribution in [1.82, 2.24) is 4.90 Å². The summed E-state index contributed by atoms with van der Waals surface area (Å²) in [6.07, 6.45) is 0. The summed E-state index contributed by atoms with van der Waals surface area (Å²) in [6.45, 7) is 7.55. The Bertz CT molecular complexity index is 796. The van der Waals surface area contributed by atoms with Crippen molar-refractivity contribution in [2.24, 2.45) is 0 Å². The number of carbonyl (C=O) groups is 2. The Kier molecular flexibility index (Phi) is 6.08. The van der Waals surface area contributed by atoms with Gasteiger partial charge in [0.1, 0.15) is 0 Å². The molecular weight excluding hydrogens is 340 g/mol. The second-order valence-electron chi connectivity index (χ2n) is 6.86. The molecule has 0 radical (unpaired) electrons. The molecule has 1 aliphatic rings. The van der Waals surface area contributed by atoms with E-state index in [4.69, 9.17) is 0 Å². The van der Waals surface area contributed by atoms with Gasteiger partial charge in [0.05, 0.1) is 6.54 Å². The minimum atomic E-state index is -0.114. The number of rotatable bonds is 5. The molecule has 0 aliphatic carbocycles. The highest BCUT2D eigenvalue weighted by atomic mass is 16.2. The van der Waals surface area contributed by atoms with E-state index < -0.39 is 0 Å². The van der Waals surface area contributed by atoms with Gasteiger partial charge in [0.15, 0.2) is 0 Å². The normalized spacial score (nSPS) is 14.7. The molecular formula is C21H26N4O2. The van der Waals surface area contributed by atoms with E-state index in [0.717, 1.165) is 31.9 Å². The molecule has 2 amide bonds. The van der Waals surface area contributed by atoms with E-state index in [1.807, 2.05) is 0 Å². The van der Waals surface area contributed by atoms with Gasteiger partial charge in [-0.1, -0.05) is 18.2 Å². The number of para-hydroxylation sites is 1. The molecule has 1 saturated heterocycles. The molecule has 6 heteroatoms. The first-order valence-electron chi connectivity index (χ1n) is 9.22. The fraction of sp³-hybridized carbons (Fsp3) is 0.333. The third kappa shape index (κ3) is 5.31. The molecule has 1 heterocycles. The minimum absolute atomic E-state index is 0.0216. The third-order valence-electron chi connectivity index (χ3n) is 4.68. The maximum atomic E-state index is 12.3. The summed E-state index contributed by atoms with van der Waals surface area (Å²) < 4.78 is 0. The average Bonchev–Trinajstić information content (AvgIpc) is 2.64. The molecule has 0 spiro atoms. The summed E-state index contributed by atoms with van der Waals surface area (Å²) >= 11 is 0. The summed E-state index contributed by atoms with van der Waals surface area (Å²) in [4.78, 5) is 27.9. The van der Waals surface area contributed by atoms with Crippen LogP contribution in [0.5, 0.6) is 0 Å². The molecule has 1 fully saturated rings. The van der Waals surface area contributed by atoms with Crippen LogP contribution in [0.3, 0.4) is 0 Å². The first kappa shape index (κ1) is 18.9. The molecule has 0 bridgehead atoms. The smallest absolute Gasteiger partial charge is 0.238 e. The lowest BCUT2D eigenvalue weighted by molar-refractivity contribution is -0.117. The molecule has 142 valence electrons. The van der Waals surface area contributed by atoms with Crippen molar-refractivity contribution >= 4 is 28.9 Å². The highest BCUT2D eigenvalue weighted by molar-refractivity contribution is 5.93. The van der Waals surface area contributed by atoms with Crippen LogP contribution in [0.1, 0.15) is 12.5 Å². The van der Waals surface area contributed by atoms with Gasteiger partial charge >= 0.3 is 0 Å². The minimum Gasteiger partial charge on any atom is -0.369 e. The molecule has 0 unspecified atom stereocenters. The van der Waals surface area contributed by atoms with Gasteiger partial charge in [0, 0.05) is 50.2 Å². The van der Waals surface area contributed by atoms with Crippen molar-refractivity contribution in [3.8, 4) is 0 Å². The Labute approximate surface area is 160 Å². The van der Waals surface area contributed by atoms with Gasteiger partial charge in [0.25, 0.3) is 0 Å². The molecule has 0 saturated carbocycles. The molecule has 2 aromatic rings. The summed E-state index contributed by atoms with van der Waals surface area (Å²) in [6, 6.07) is 15.5. The van der Waals surface area contributed by atoms with Crippen molar-refractivity contribution < 1.29 is 9.59 Å². The van der Waals surface area contributed by atoms with Gasteiger partial charge in [-0.3, -0.25) is 14.5 Å². The molecule has 2 N–H and O–H groups in total. The van der Waals surface area contributed by atoms with Gasteiger partial charge < -0.3 is 15.5 Å². The number of hydrogen-bond acceptors (Lipinski definition) is 4. The molecule has 6 nitrogen and oxygen atoms in total. The second kappa shape index (κ2) is 8.68. The number of piperazine rings is 1. The third-order valence-corrected chi connectivity index (χ3v) is 4.68. The van der Waals surface area contributed by atoms with E-state index in [-0.39, 0.29) is 11.8 Å². The molecule has 1 aliphatic heterocycles. The largest absolute Gasteiger partial charge is 0.369 e. The van der Waals surface area contributed by atoms with Crippen LogP contribution in [0.25, 0.3) is 0 Å². The molecule has 0 aromatic heterocycles. The van der Waals surface area contributed by atoms with E-state index in [2.05, 4.69) is 51.6 Å². The Morgan fingerprint density at radius 3 is 2.07 bits per heavy atom. The maximum Gasteiger partial charge on any atom is 0.238 e. The van der Waals surface area contributed by atoms with Crippen LogP contribution in [0.4, 0.5) is 17.1 Å². The predicted octanol–water partition coefficient (Wildman–Crippen LogP) is 2.71. The first-order valence-corrected chi connectivity index (χ1v) is 9.22. The molecule has 27 heavy (non-hydrogen) atoms. The van der Waals surface area contributed by atoms with Gasteiger partial charge in [-0.2, -0.15) is 0 Å². The fourth-order valence-corrected chi connectivity index (χ4v) is 3.31. The Balaban J connectivity index is 1.47. The summed E-state index contributed by atoms with van der Waals surface area (Å²) in [7, 11) is 0. The van der Waals surface area contributed by atoms with Crippen LogP contribution in [0.2, 0.25) is 0 Å². The van der Waals surface area contributed by atoms with E-state index in [9.17, 15) is 9.59 Å². The maximum absolute atomic E-state index is 12.3. The zero-order valence-electron chi connectivity index (χ0n) is 15.9. The number of nitrogens with zero attached hydrogens (tertiary/aromatic N) is 2. The van der Waals surface area contributed by atoms with Gasteiger partial charge in [-0.05, 0) is 42.8 Å². The average molecular weight is 366 g/mol. The number of carbonyl (C=O) groups excluding carboxylic acids is 2. The number of anilines is 3. The number of nitrogens with one attached hydrogen (secondary N) is 2. The van der Waals surface area contributed by atoms with Crippen molar-refractivity contribution in [2.75, 3.05) is 48.3 Å². The first-order chi connectivity index (χ1) is 13.0. The van der Waals surface area contributed by atoms with Crippen molar-refractivity contribution in [2.45, 2.75) is 13.8 Å². The number of amides is 2. The number of benzene rings is 2. The van der Waals surface area contributed by atoms with Crippen LogP contribution in [-0.4, -0.2) is 49.4 Å². The summed E-state index contributed by atoms with van der Waals surface area (Å²) in [5, 5.41) is 5.62. The van der Waals surface area contributed by atoms with Crippen LogP contribution in [0, 0.1) is 6.92 Å². The second-order valence-corrected chi connectivity index (χ2v) is 6.86. The van der Waals surface area contributed by atoms with E-state index in [1.165, 1.54) is 18.2 Å². The topological polar surface area (TPSA) is 64.7 Å². The number of hydrogen-bond donors (Lipinski definition) is 2. The highest BCUT2D eigenvalue weighted by Gasteiger charge is 2.20. The zero-order valence-corrected chi connectivity index (χ0v) is 15.9. The Morgan fingerprint density at radius 2 is 1.48 bits per heavy atom. The lowest BCUT2D eigenvalue weighted by atomic mass is 10.1.